The number of imidazole rings is 1. The largest absolute Gasteiger partial charge is 0.484 e. The van der Waals surface area contributed by atoms with E-state index in [4.69, 9.17) is 33.5 Å². The first-order valence-corrected chi connectivity index (χ1v) is 23.1. The number of amides is 1. The van der Waals surface area contributed by atoms with Crippen molar-refractivity contribution in [3.05, 3.63) is 103 Å². The molecule has 2 aromatic heterocycles. The maximum absolute atomic E-state index is 12.9. The molecule has 3 aliphatic heterocycles. The third-order valence-corrected chi connectivity index (χ3v) is 17.2. The Hall–Kier alpha value is -4.58. The fraction of sp³-hybridized carbons (Fsp3) is 0.390. The van der Waals surface area contributed by atoms with Crippen molar-refractivity contribution in [3.8, 4) is 11.8 Å². The molecule has 3 aliphatic rings. The van der Waals surface area contributed by atoms with Crippen molar-refractivity contribution in [3.63, 3.8) is 0 Å². The number of hydrogen-bond donors (Lipinski definition) is 1. The number of nitriles is 1. The highest BCUT2D eigenvalue weighted by molar-refractivity contribution is 7.45. The second kappa shape index (κ2) is 17.3. The molecule has 0 radical (unpaired) electrons. The maximum Gasteiger partial charge on any atom is 0.264 e. The van der Waals surface area contributed by atoms with Crippen molar-refractivity contribution >= 4 is 50.0 Å². The lowest BCUT2D eigenvalue weighted by Crippen LogP contribution is -2.58. The first-order chi connectivity index (χ1) is 27.4. The number of fused-ring (bicyclic) bond motifs is 2. The van der Waals surface area contributed by atoms with Crippen LogP contribution in [-0.2, 0) is 29.9 Å². The summed E-state index contributed by atoms with van der Waals surface area (Å²) in [6.07, 6.45) is 4.47. The van der Waals surface area contributed by atoms with Crippen LogP contribution in [0.15, 0.2) is 97.3 Å². The Morgan fingerprint density at radius 2 is 1.73 bits per heavy atom. The summed E-state index contributed by atoms with van der Waals surface area (Å²) in [4.78, 5) is 26.8. The number of anilines is 1. The second-order valence-corrected chi connectivity index (χ2v) is 20.2. The molecule has 1 N–H and O–H groups in total. The molecule has 56 heavy (non-hydrogen) atoms. The standard InChI is InChI=1S/C41H46N7O6PSi/c1-3-34-35(53-55-48-22-13-20-33(48)36(54-55)27-56(2,30-16-9-5-10-17-30)31-18-11-6-12-19-31)24-38(52-34)47-28-43-39-32(25-50-23-21-42)44-41(46-40(39)47)45-37(49)26-51-29-14-7-4-8-15-29/h4-12,14-19,28,33-36,38H,3,13,20,22-27H2,1-2H3,(H,44,45,46,49)/t33-,34+,35?,36+,38+,55-/m0/s1. The molecule has 3 fully saturated rings. The number of nitrogens with one attached hydrogen (secondary N) is 1. The lowest BCUT2D eigenvalue weighted by Gasteiger charge is -2.32. The van der Waals surface area contributed by atoms with Gasteiger partial charge in [-0.1, -0.05) is 103 Å². The van der Waals surface area contributed by atoms with Gasteiger partial charge in [0.2, 0.25) is 5.95 Å². The van der Waals surface area contributed by atoms with Gasteiger partial charge in [0.25, 0.3) is 14.4 Å². The van der Waals surface area contributed by atoms with Gasteiger partial charge in [0.1, 0.15) is 32.2 Å². The Labute approximate surface area is 328 Å². The first-order valence-electron chi connectivity index (χ1n) is 19.3. The molecule has 0 saturated carbocycles. The van der Waals surface area contributed by atoms with Gasteiger partial charge in [0.15, 0.2) is 12.3 Å². The van der Waals surface area contributed by atoms with Crippen molar-refractivity contribution in [2.75, 3.05) is 25.1 Å². The Balaban J connectivity index is 1.00. The van der Waals surface area contributed by atoms with E-state index in [0.717, 1.165) is 31.9 Å². The quantitative estimate of drug-likeness (QED) is 0.0763. The minimum absolute atomic E-state index is 0.0120. The minimum atomic E-state index is -2.15. The topological polar surface area (TPSA) is 146 Å². The molecule has 0 spiro atoms. The fourth-order valence-electron chi connectivity index (χ4n) is 8.10. The Kier molecular flexibility index (Phi) is 11.8. The Morgan fingerprint density at radius 1 is 1.02 bits per heavy atom. The third kappa shape index (κ3) is 8.12. The number of aromatic nitrogens is 4. The van der Waals surface area contributed by atoms with Crippen molar-refractivity contribution in [1.29, 1.82) is 5.26 Å². The molecular weight excluding hydrogens is 746 g/mol. The molecule has 8 rings (SSSR count). The minimum Gasteiger partial charge on any atom is -0.484 e. The van der Waals surface area contributed by atoms with E-state index >= 15 is 0 Å². The van der Waals surface area contributed by atoms with Crippen molar-refractivity contribution in [2.24, 2.45) is 0 Å². The van der Waals surface area contributed by atoms with Crippen LogP contribution < -0.4 is 20.4 Å². The van der Waals surface area contributed by atoms with Crippen LogP contribution >= 0.6 is 8.53 Å². The van der Waals surface area contributed by atoms with Crippen LogP contribution in [0.5, 0.6) is 5.75 Å². The molecule has 5 heterocycles. The predicted molar refractivity (Wildman–Crippen MR) is 215 cm³/mol. The van der Waals surface area contributed by atoms with Crippen LogP contribution in [0.3, 0.4) is 0 Å². The van der Waals surface area contributed by atoms with Crippen molar-refractivity contribution in [1.82, 2.24) is 24.2 Å². The summed E-state index contributed by atoms with van der Waals surface area (Å²) in [6.45, 7) is 5.20. The highest BCUT2D eigenvalue weighted by Gasteiger charge is 2.51. The van der Waals surface area contributed by atoms with Gasteiger partial charge < -0.3 is 23.3 Å². The van der Waals surface area contributed by atoms with Gasteiger partial charge in [-0.05, 0) is 37.4 Å². The number of carbonyl (C=O) groups excluding carboxylic acids is 1. The molecule has 3 aromatic carbocycles. The van der Waals surface area contributed by atoms with Crippen LogP contribution in [-0.4, -0.2) is 82.3 Å². The SMILES string of the molecule is CC[C@H]1O[C@@H](n2cnc3c(COCC#N)nc(NC(=O)COc4ccccc4)nc32)CC1O[P@@]1O[C@H](C[Si](C)(c2ccccc2)c2ccccc2)[C@@H]2CCCN21. The lowest BCUT2D eigenvalue weighted by molar-refractivity contribution is -0.118. The fourth-order valence-corrected chi connectivity index (χ4v) is 14.1. The van der Waals surface area contributed by atoms with E-state index < -0.39 is 28.7 Å². The normalized spacial score (nSPS) is 23.6. The summed E-state index contributed by atoms with van der Waals surface area (Å²) in [5.41, 5.74) is 1.42. The van der Waals surface area contributed by atoms with Gasteiger partial charge in [-0.2, -0.15) is 10.2 Å². The second-order valence-electron chi connectivity index (χ2n) is 14.6. The van der Waals surface area contributed by atoms with E-state index in [0.29, 0.717) is 35.1 Å². The highest BCUT2D eigenvalue weighted by atomic mass is 31.2. The molecule has 15 heteroatoms. The summed E-state index contributed by atoms with van der Waals surface area (Å²) in [5.74, 6) is 0.223. The zero-order valence-corrected chi connectivity index (χ0v) is 33.5. The van der Waals surface area contributed by atoms with Gasteiger partial charge in [0, 0.05) is 19.0 Å². The summed E-state index contributed by atoms with van der Waals surface area (Å²) in [7, 11) is -3.44. The number of benzene rings is 3. The van der Waals surface area contributed by atoms with E-state index in [1.54, 1.807) is 18.5 Å². The van der Waals surface area contributed by atoms with Crippen molar-refractivity contribution < 1.29 is 28.1 Å². The zero-order chi connectivity index (χ0) is 38.5. The molecule has 0 aliphatic carbocycles. The van der Waals surface area contributed by atoms with Crippen LogP contribution in [0.25, 0.3) is 11.2 Å². The monoisotopic (exact) mass is 791 g/mol. The van der Waals surface area contributed by atoms with Crippen LogP contribution in [0.1, 0.15) is 44.5 Å². The van der Waals surface area contributed by atoms with E-state index in [2.05, 4.69) is 94.1 Å². The van der Waals surface area contributed by atoms with E-state index in [9.17, 15) is 4.79 Å². The number of carbonyl (C=O) groups is 1. The van der Waals surface area contributed by atoms with Crippen LogP contribution in [0, 0.1) is 11.3 Å². The van der Waals surface area contributed by atoms with Gasteiger partial charge in [-0.3, -0.25) is 14.7 Å². The number of rotatable bonds is 15. The number of ether oxygens (including phenoxy) is 3. The van der Waals surface area contributed by atoms with Crippen LogP contribution in [0.2, 0.25) is 12.6 Å². The number of hydrogen-bond acceptors (Lipinski definition) is 11. The third-order valence-electron chi connectivity index (χ3n) is 10.9. The predicted octanol–water partition coefficient (Wildman–Crippen LogP) is 5.95. The van der Waals surface area contributed by atoms with E-state index in [1.807, 2.05) is 28.8 Å². The molecule has 0 bridgehead atoms. The molecule has 3 saturated heterocycles. The van der Waals surface area contributed by atoms with Gasteiger partial charge in [-0.15, -0.1) is 0 Å². The molecule has 1 amide bonds. The summed E-state index contributed by atoms with van der Waals surface area (Å²) >= 11 is 0. The molecule has 290 valence electrons. The first kappa shape index (κ1) is 38.3. The average molecular weight is 792 g/mol. The zero-order valence-electron chi connectivity index (χ0n) is 31.6. The summed E-state index contributed by atoms with van der Waals surface area (Å²) < 4.78 is 36.2. The molecule has 1 unspecified atom stereocenters. The molecule has 6 atom stereocenters. The molecule has 13 nitrogen and oxygen atoms in total. The maximum atomic E-state index is 12.9. The van der Waals surface area contributed by atoms with Crippen molar-refractivity contribution in [2.45, 2.75) is 82.4 Å². The van der Waals surface area contributed by atoms with Crippen LogP contribution in [0.4, 0.5) is 5.95 Å². The lowest BCUT2D eigenvalue weighted by atomic mass is 10.1. The van der Waals surface area contributed by atoms with Gasteiger partial charge in [0.05, 0.1) is 43.0 Å². The number of nitrogens with zero attached hydrogens (tertiary/aromatic N) is 6. The van der Waals surface area contributed by atoms with E-state index in [1.165, 1.54) is 10.4 Å². The van der Waals surface area contributed by atoms with E-state index in [-0.39, 0.29) is 44.1 Å². The molecule has 5 aromatic rings. The highest BCUT2D eigenvalue weighted by Crippen LogP contribution is 2.59. The Morgan fingerprint density at radius 3 is 2.43 bits per heavy atom. The number of para-hydroxylation sites is 1. The smallest absolute Gasteiger partial charge is 0.264 e. The summed E-state index contributed by atoms with van der Waals surface area (Å²) in [6, 6.07) is 34.3. The molecular formula is C41H46N7O6PSi. The average Bonchev–Trinajstić information content (AvgIpc) is 4.04. The van der Waals surface area contributed by atoms with Gasteiger partial charge in [-0.25, -0.2) is 14.6 Å². The Bertz CT molecular complexity index is 2100. The summed E-state index contributed by atoms with van der Waals surface area (Å²) in [5, 5.41) is 14.7. The van der Waals surface area contributed by atoms with Gasteiger partial charge >= 0.3 is 0 Å².